The summed E-state index contributed by atoms with van der Waals surface area (Å²) in [6.07, 6.45) is 2.07. The van der Waals surface area contributed by atoms with E-state index in [1.165, 1.54) is 28.6 Å². The molecular weight excluding hydrogens is 340 g/mol. The summed E-state index contributed by atoms with van der Waals surface area (Å²) in [5.74, 6) is -0.855. The molecule has 1 aliphatic heterocycles. The van der Waals surface area contributed by atoms with E-state index in [0.29, 0.717) is 13.1 Å². The van der Waals surface area contributed by atoms with Crippen LogP contribution in [0.15, 0.2) is 34.1 Å². The van der Waals surface area contributed by atoms with Gasteiger partial charge in [0.1, 0.15) is 0 Å². The van der Waals surface area contributed by atoms with Gasteiger partial charge in [-0.3, -0.25) is 4.79 Å². The van der Waals surface area contributed by atoms with E-state index in [9.17, 15) is 21.6 Å². The second-order valence-electron chi connectivity index (χ2n) is 5.94. The van der Waals surface area contributed by atoms with E-state index in [1.54, 1.807) is 0 Å². The second-order valence-corrected chi connectivity index (χ2v) is 10.1. The highest BCUT2D eigenvalue weighted by atomic mass is 32.2. The lowest BCUT2D eigenvalue weighted by molar-refractivity contribution is -0.118. The summed E-state index contributed by atoms with van der Waals surface area (Å²) in [4.78, 5) is 11.4. The maximum Gasteiger partial charge on any atom is 0.243 e. The van der Waals surface area contributed by atoms with Crippen LogP contribution >= 0.6 is 0 Å². The molecule has 1 amide bonds. The smallest absolute Gasteiger partial charge is 0.243 e. The molecule has 1 saturated carbocycles. The molecule has 9 heteroatoms. The van der Waals surface area contributed by atoms with Crippen molar-refractivity contribution in [3.63, 3.8) is 0 Å². The number of hydrogen-bond acceptors (Lipinski definition) is 5. The van der Waals surface area contributed by atoms with Gasteiger partial charge in [-0.2, -0.15) is 4.31 Å². The van der Waals surface area contributed by atoms with Crippen molar-refractivity contribution in [1.82, 2.24) is 4.31 Å². The number of rotatable bonds is 5. The quantitative estimate of drug-likeness (QED) is 0.811. The average Bonchev–Trinajstić information content (AvgIpc) is 3.16. The lowest BCUT2D eigenvalue weighted by Gasteiger charge is -2.16. The van der Waals surface area contributed by atoms with E-state index in [-0.39, 0.29) is 22.6 Å². The number of sulfonamides is 1. The molecule has 0 aromatic heterocycles. The van der Waals surface area contributed by atoms with Gasteiger partial charge in [0, 0.05) is 13.1 Å². The van der Waals surface area contributed by atoms with Crippen molar-refractivity contribution in [2.24, 2.45) is 5.73 Å². The predicted molar refractivity (Wildman–Crippen MR) is 82.8 cm³/mol. The monoisotopic (exact) mass is 358 g/mol. The molecule has 0 spiro atoms. The summed E-state index contributed by atoms with van der Waals surface area (Å²) < 4.78 is 49.7. The van der Waals surface area contributed by atoms with Crippen LogP contribution in [0.5, 0.6) is 0 Å². The second kappa shape index (κ2) is 5.29. The number of amides is 1. The van der Waals surface area contributed by atoms with Gasteiger partial charge in [0.25, 0.3) is 0 Å². The summed E-state index contributed by atoms with van der Waals surface area (Å²) in [7, 11) is -7.48. The highest BCUT2D eigenvalue weighted by Crippen LogP contribution is 2.46. The molecule has 0 radical (unpaired) electrons. The molecule has 0 atom stereocenters. The fraction of sp³-hybridized carbons (Fsp3) is 0.500. The molecule has 7 nitrogen and oxygen atoms in total. The third-order valence-corrected chi connectivity index (χ3v) is 8.95. The SMILES string of the molecule is NC(=O)C1(S(=O)(=O)c2ccc(S(=O)(=O)N3CCCC3)cc2)CC1. The first-order valence-electron chi connectivity index (χ1n) is 7.37. The first-order valence-corrected chi connectivity index (χ1v) is 10.3. The van der Waals surface area contributed by atoms with E-state index >= 15 is 0 Å². The Morgan fingerprint density at radius 2 is 1.43 bits per heavy atom. The van der Waals surface area contributed by atoms with Crippen LogP contribution in [0.2, 0.25) is 0 Å². The van der Waals surface area contributed by atoms with Crippen LogP contribution in [0.4, 0.5) is 0 Å². The van der Waals surface area contributed by atoms with Crippen molar-refractivity contribution in [3.8, 4) is 0 Å². The number of sulfone groups is 1. The number of benzene rings is 1. The van der Waals surface area contributed by atoms with Crippen molar-refractivity contribution in [3.05, 3.63) is 24.3 Å². The molecule has 2 aliphatic rings. The lowest BCUT2D eigenvalue weighted by atomic mass is 10.4. The number of carbonyl (C=O) groups excluding carboxylic acids is 1. The molecular formula is C14H18N2O5S2. The number of nitrogens with zero attached hydrogens (tertiary/aromatic N) is 1. The summed E-state index contributed by atoms with van der Waals surface area (Å²) >= 11 is 0. The summed E-state index contributed by atoms with van der Waals surface area (Å²) in [5, 5.41) is 0. The average molecular weight is 358 g/mol. The molecule has 1 heterocycles. The van der Waals surface area contributed by atoms with E-state index in [0.717, 1.165) is 12.8 Å². The maximum atomic E-state index is 12.5. The Bertz CT molecular complexity index is 834. The van der Waals surface area contributed by atoms with Gasteiger partial charge in [0.2, 0.25) is 15.9 Å². The minimum Gasteiger partial charge on any atom is -0.368 e. The number of primary amides is 1. The minimum atomic E-state index is -3.89. The summed E-state index contributed by atoms with van der Waals surface area (Å²) in [6, 6.07) is 5.03. The molecule has 126 valence electrons. The fourth-order valence-electron chi connectivity index (χ4n) is 2.85. The van der Waals surface area contributed by atoms with Crippen LogP contribution in [-0.2, 0) is 24.7 Å². The number of hydrogen-bond donors (Lipinski definition) is 1. The Morgan fingerprint density at radius 3 is 1.87 bits per heavy atom. The van der Waals surface area contributed by atoms with Crippen LogP contribution in [0.3, 0.4) is 0 Å². The van der Waals surface area contributed by atoms with Crippen LogP contribution < -0.4 is 5.73 Å². The number of carbonyl (C=O) groups is 1. The third kappa shape index (κ3) is 2.47. The van der Waals surface area contributed by atoms with Crippen molar-refractivity contribution in [2.75, 3.05) is 13.1 Å². The van der Waals surface area contributed by atoms with Crippen LogP contribution in [0.1, 0.15) is 25.7 Å². The highest BCUT2D eigenvalue weighted by Gasteiger charge is 2.60. The normalized spacial score (nSPS) is 21.2. The van der Waals surface area contributed by atoms with Crippen molar-refractivity contribution in [1.29, 1.82) is 0 Å². The van der Waals surface area contributed by atoms with Crippen molar-refractivity contribution < 1.29 is 21.6 Å². The Morgan fingerprint density at radius 1 is 0.957 bits per heavy atom. The summed E-state index contributed by atoms with van der Waals surface area (Å²) in [6.45, 7) is 0.959. The Kier molecular flexibility index (Phi) is 3.77. The molecule has 0 unspecified atom stereocenters. The Labute approximate surface area is 135 Å². The van der Waals surface area contributed by atoms with Gasteiger partial charge < -0.3 is 5.73 Å². The van der Waals surface area contributed by atoms with Gasteiger partial charge in [-0.25, -0.2) is 16.8 Å². The third-order valence-electron chi connectivity index (χ3n) is 4.50. The maximum absolute atomic E-state index is 12.5. The first-order chi connectivity index (χ1) is 10.7. The van der Waals surface area contributed by atoms with E-state index in [4.69, 9.17) is 5.73 Å². The van der Waals surface area contributed by atoms with E-state index in [1.807, 2.05) is 0 Å². The Hall–Kier alpha value is -1.45. The highest BCUT2D eigenvalue weighted by molar-refractivity contribution is 7.94. The van der Waals surface area contributed by atoms with Gasteiger partial charge in [0.05, 0.1) is 9.79 Å². The zero-order valence-corrected chi connectivity index (χ0v) is 14.1. The zero-order valence-electron chi connectivity index (χ0n) is 12.4. The van der Waals surface area contributed by atoms with Gasteiger partial charge >= 0.3 is 0 Å². The van der Waals surface area contributed by atoms with Crippen LogP contribution in [0.25, 0.3) is 0 Å². The van der Waals surface area contributed by atoms with Gasteiger partial charge in [-0.05, 0) is 49.9 Å². The van der Waals surface area contributed by atoms with Crippen LogP contribution in [0, 0.1) is 0 Å². The van der Waals surface area contributed by atoms with Gasteiger partial charge in [-0.15, -0.1) is 0 Å². The lowest BCUT2D eigenvalue weighted by Crippen LogP contribution is -2.38. The van der Waals surface area contributed by atoms with E-state index < -0.39 is 30.5 Å². The zero-order chi connectivity index (χ0) is 16.9. The molecule has 1 aromatic rings. The molecule has 3 rings (SSSR count). The van der Waals surface area contributed by atoms with Crippen molar-refractivity contribution >= 4 is 25.8 Å². The van der Waals surface area contributed by atoms with Gasteiger partial charge in [-0.1, -0.05) is 0 Å². The van der Waals surface area contributed by atoms with Crippen molar-refractivity contribution in [2.45, 2.75) is 40.2 Å². The summed E-state index contributed by atoms with van der Waals surface area (Å²) in [5.41, 5.74) is 5.22. The largest absolute Gasteiger partial charge is 0.368 e. The first kappa shape index (κ1) is 16.4. The molecule has 1 aliphatic carbocycles. The molecule has 2 N–H and O–H groups in total. The topological polar surface area (TPSA) is 115 Å². The number of nitrogens with two attached hydrogens (primary N) is 1. The van der Waals surface area contributed by atoms with Crippen LogP contribution in [-0.4, -0.2) is 44.9 Å². The molecule has 1 aromatic carbocycles. The van der Waals surface area contributed by atoms with E-state index in [2.05, 4.69) is 0 Å². The van der Waals surface area contributed by atoms with Gasteiger partial charge in [0.15, 0.2) is 14.6 Å². The molecule has 0 bridgehead atoms. The molecule has 2 fully saturated rings. The molecule has 23 heavy (non-hydrogen) atoms. The molecule has 1 saturated heterocycles. The Balaban J connectivity index is 1.93. The minimum absolute atomic E-state index is 0.0577. The predicted octanol–water partition coefficient (Wildman–Crippen LogP) is 0.263. The standard InChI is InChI=1S/C14H18N2O5S2/c15-13(17)14(7-8-14)22(18,19)11-3-5-12(6-4-11)23(20,21)16-9-1-2-10-16/h3-6H,1-2,7-10H2,(H2,15,17). The fourth-order valence-corrected chi connectivity index (χ4v) is 6.22.